The topological polar surface area (TPSA) is 47.6 Å². The van der Waals surface area contributed by atoms with E-state index in [1.807, 2.05) is 7.05 Å². The number of methoxy groups -OCH3 is 1. The van der Waals surface area contributed by atoms with Crippen molar-refractivity contribution in [2.45, 2.75) is 57.8 Å². The minimum atomic E-state index is -1.70. The van der Waals surface area contributed by atoms with Gasteiger partial charge in [-0.2, -0.15) is 0 Å². The molecule has 0 bridgehead atoms. The summed E-state index contributed by atoms with van der Waals surface area (Å²) in [4.78, 5) is 11.1. The lowest BCUT2D eigenvalue weighted by Crippen LogP contribution is -2.44. The van der Waals surface area contributed by atoms with Crippen LogP contribution in [0.2, 0.25) is 18.1 Å². The number of carbonyl (C=O) groups excluding carboxylic acids is 1. The maximum Gasteiger partial charge on any atom is 0.305 e. The van der Waals surface area contributed by atoms with E-state index in [0.717, 1.165) is 6.42 Å². The summed E-state index contributed by atoms with van der Waals surface area (Å²) in [7, 11) is 1.61. The lowest BCUT2D eigenvalue weighted by molar-refractivity contribution is -0.140. The number of ether oxygens (including phenoxy) is 1. The van der Waals surface area contributed by atoms with Gasteiger partial charge < -0.3 is 14.5 Å². The molecule has 0 heterocycles. The van der Waals surface area contributed by atoms with Crippen LogP contribution in [0.4, 0.5) is 0 Å². The standard InChI is InChI=1S/C13H29NO3Si/c1-13(2,3)18(6,7)17-10-11(14-4)8-9-12(15)16-5/h11,14H,8-10H2,1-7H3/t11-/m0/s1. The summed E-state index contributed by atoms with van der Waals surface area (Å²) in [5.41, 5.74) is 0. The van der Waals surface area contributed by atoms with Crippen LogP contribution in [0.3, 0.4) is 0 Å². The van der Waals surface area contributed by atoms with E-state index in [-0.39, 0.29) is 17.0 Å². The zero-order chi connectivity index (χ0) is 14.4. The molecule has 0 saturated heterocycles. The molecule has 0 rings (SSSR count). The Balaban J connectivity index is 4.19. The minimum absolute atomic E-state index is 0.164. The number of carbonyl (C=O) groups is 1. The van der Waals surface area contributed by atoms with Crippen molar-refractivity contribution in [3.05, 3.63) is 0 Å². The molecular formula is C13H29NO3Si. The Kier molecular flexibility index (Phi) is 7.10. The van der Waals surface area contributed by atoms with Gasteiger partial charge in [0.05, 0.1) is 7.11 Å². The molecule has 0 amide bonds. The molecular weight excluding hydrogens is 246 g/mol. The molecule has 1 N–H and O–H groups in total. The zero-order valence-electron chi connectivity index (χ0n) is 12.9. The molecule has 4 nitrogen and oxygen atoms in total. The molecule has 0 aromatic heterocycles. The second-order valence-corrected chi connectivity index (χ2v) is 11.0. The first-order valence-corrected chi connectivity index (χ1v) is 9.43. The van der Waals surface area contributed by atoms with E-state index >= 15 is 0 Å². The zero-order valence-corrected chi connectivity index (χ0v) is 13.9. The fourth-order valence-corrected chi connectivity index (χ4v) is 2.28. The molecule has 18 heavy (non-hydrogen) atoms. The van der Waals surface area contributed by atoms with Crippen LogP contribution in [0.15, 0.2) is 0 Å². The molecule has 0 unspecified atom stereocenters. The van der Waals surface area contributed by atoms with Crippen molar-refractivity contribution < 1.29 is 14.0 Å². The average Bonchev–Trinajstić information content (AvgIpc) is 2.27. The van der Waals surface area contributed by atoms with Crippen molar-refractivity contribution in [1.29, 1.82) is 0 Å². The molecule has 0 aliphatic heterocycles. The highest BCUT2D eigenvalue weighted by Crippen LogP contribution is 2.36. The molecule has 0 radical (unpaired) electrons. The summed E-state index contributed by atoms with van der Waals surface area (Å²) in [5, 5.41) is 3.41. The maximum atomic E-state index is 11.1. The van der Waals surface area contributed by atoms with Crippen LogP contribution in [0, 0.1) is 0 Å². The predicted molar refractivity (Wildman–Crippen MR) is 77.2 cm³/mol. The highest BCUT2D eigenvalue weighted by Gasteiger charge is 2.37. The number of hydrogen-bond donors (Lipinski definition) is 1. The second-order valence-electron chi connectivity index (χ2n) is 6.17. The van der Waals surface area contributed by atoms with Gasteiger partial charge in [-0.25, -0.2) is 0 Å². The molecule has 0 aliphatic rings. The molecule has 0 fully saturated rings. The van der Waals surface area contributed by atoms with Crippen LogP contribution < -0.4 is 5.32 Å². The molecule has 0 spiro atoms. The molecule has 0 saturated carbocycles. The van der Waals surface area contributed by atoms with Crippen LogP contribution in [0.25, 0.3) is 0 Å². The Bertz CT molecular complexity index is 261. The van der Waals surface area contributed by atoms with Gasteiger partial charge >= 0.3 is 5.97 Å². The summed E-state index contributed by atoms with van der Waals surface area (Å²) in [5.74, 6) is -0.164. The van der Waals surface area contributed by atoms with E-state index < -0.39 is 8.32 Å². The quantitative estimate of drug-likeness (QED) is 0.573. The summed E-state index contributed by atoms with van der Waals surface area (Å²) in [6.07, 6.45) is 1.18. The van der Waals surface area contributed by atoms with E-state index in [1.54, 1.807) is 0 Å². The Labute approximate surface area is 113 Å². The summed E-state index contributed by atoms with van der Waals surface area (Å²) < 4.78 is 10.8. The third kappa shape index (κ3) is 5.98. The van der Waals surface area contributed by atoms with Gasteiger partial charge in [-0.3, -0.25) is 4.79 Å². The Morgan fingerprint density at radius 2 is 1.89 bits per heavy atom. The Hall–Kier alpha value is -0.393. The minimum Gasteiger partial charge on any atom is -0.469 e. The van der Waals surface area contributed by atoms with Crippen molar-refractivity contribution in [2.75, 3.05) is 20.8 Å². The fraction of sp³-hybridized carbons (Fsp3) is 0.923. The third-order valence-corrected chi connectivity index (χ3v) is 8.29. The molecule has 108 valence electrons. The monoisotopic (exact) mass is 275 g/mol. The van der Waals surface area contributed by atoms with Gasteiger partial charge in [-0.15, -0.1) is 0 Å². The lowest BCUT2D eigenvalue weighted by Gasteiger charge is -2.37. The van der Waals surface area contributed by atoms with Crippen molar-refractivity contribution in [3.8, 4) is 0 Å². The highest BCUT2D eigenvalue weighted by molar-refractivity contribution is 6.74. The Morgan fingerprint density at radius 1 is 1.33 bits per heavy atom. The first-order chi connectivity index (χ1) is 8.14. The number of likely N-dealkylation sites (N-methyl/N-ethyl adjacent to an activating group) is 1. The van der Waals surface area contributed by atoms with Gasteiger partial charge in [0.1, 0.15) is 0 Å². The second kappa shape index (κ2) is 7.26. The molecule has 0 aromatic rings. The molecule has 0 aromatic carbocycles. The highest BCUT2D eigenvalue weighted by atomic mass is 28.4. The van der Waals surface area contributed by atoms with Crippen molar-refractivity contribution in [2.24, 2.45) is 0 Å². The number of esters is 1. The third-order valence-electron chi connectivity index (χ3n) is 3.78. The number of rotatable bonds is 7. The van der Waals surface area contributed by atoms with E-state index in [0.29, 0.717) is 13.0 Å². The average molecular weight is 275 g/mol. The summed E-state index contributed by atoms with van der Waals surface area (Å²) in [6.45, 7) is 11.8. The predicted octanol–water partition coefficient (Wildman–Crippen LogP) is 2.55. The molecule has 1 atom stereocenters. The fourth-order valence-electron chi connectivity index (χ4n) is 1.23. The molecule has 5 heteroatoms. The van der Waals surface area contributed by atoms with E-state index in [9.17, 15) is 4.79 Å². The van der Waals surface area contributed by atoms with Crippen molar-refractivity contribution in [3.63, 3.8) is 0 Å². The van der Waals surface area contributed by atoms with E-state index in [1.165, 1.54) is 7.11 Å². The normalized spacial score (nSPS) is 14.4. The smallest absolute Gasteiger partial charge is 0.305 e. The first kappa shape index (κ1) is 17.6. The maximum absolute atomic E-state index is 11.1. The van der Waals surface area contributed by atoms with Gasteiger partial charge in [0, 0.05) is 19.1 Å². The van der Waals surface area contributed by atoms with Crippen molar-refractivity contribution >= 4 is 14.3 Å². The van der Waals surface area contributed by atoms with Crippen molar-refractivity contribution in [1.82, 2.24) is 5.32 Å². The molecule has 0 aliphatic carbocycles. The van der Waals surface area contributed by atoms with Gasteiger partial charge in [0.25, 0.3) is 0 Å². The summed E-state index contributed by atoms with van der Waals surface area (Å²) in [6, 6.07) is 0.207. The Morgan fingerprint density at radius 3 is 2.28 bits per heavy atom. The number of nitrogens with one attached hydrogen (secondary N) is 1. The van der Waals surface area contributed by atoms with Gasteiger partial charge in [-0.05, 0) is 31.6 Å². The summed E-state index contributed by atoms with van der Waals surface area (Å²) >= 11 is 0. The van der Waals surface area contributed by atoms with Gasteiger partial charge in [0.2, 0.25) is 0 Å². The van der Waals surface area contributed by atoms with Crippen LogP contribution in [0.1, 0.15) is 33.6 Å². The first-order valence-electron chi connectivity index (χ1n) is 6.52. The SMILES string of the molecule is CN[C@@H](CCC(=O)OC)CO[Si](C)(C)C(C)(C)C. The largest absolute Gasteiger partial charge is 0.469 e. The van der Waals surface area contributed by atoms with Crippen LogP contribution in [-0.2, 0) is 14.0 Å². The number of hydrogen-bond acceptors (Lipinski definition) is 4. The van der Waals surface area contributed by atoms with Crippen LogP contribution >= 0.6 is 0 Å². The lowest BCUT2D eigenvalue weighted by atomic mass is 10.2. The van der Waals surface area contributed by atoms with Gasteiger partial charge in [-0.1, -0.05) is 20.8 Å². The van der Waals surface area contributed by atoms with E-state index in [4.69, 9.17) is 4.43 Å². The van der Waals surface area contributed by atoms with Crippen LogP contribution in [0.5, 0.6) is 0 Å². The van der Waals surface area contributed by atoms with E-state index in [2.05, 4.69) is 43.9 Å². The van der Waals surface area contributed by atoms with Gasteiger partial charge in [0.15, 0.2) is 8.32 Å². The van der Waals surface area contributed by atoms with Crippen LogP contribution in [-0.4, -0.2) is 41.1 Å².